The van der Waals surface area contributed by atoms with Crippen LogP contribution in [0.5, 0.6) is 0 Å². The van der Waals surface area contributed by atoms with E-state index in [1.165, 1.54) is 5.56 Å². The number of urea groups is 1. The highest BCUT2D eigenvalue weighted by atomic mass is 16.2. The maximum atomic E-state index is 11.9. The minimum absolute atomic E-state index is 0.0215. The number of unbranched alkanes of at least 4 members (excludes halogenated alkanes) is 1. The van der Waals surface area contributed by atoms with Gasteiger partial charge in [-0.1, -0.05) is 19.4 Å². The van der Waals surface area contributed by atoms with E-state index in [1.807, 2.05) is 23.1 Å². The first kappa shape index (κ1) is 11.8. The second-order valence-electron chi connectivity index (χ2n) is 4.47. The van der Waals surface area contributed by atoms with Gasteiger partial charge in [0.05, 0.1) is 0 Å². The summed E-state index contributed by atoms with van der Waals surface area (Å²) in [5, 5.41) is 2.93. The summed E-state index contributed by atoms with van der Waals surface area (Å²) >= 11 is 0. The second-order valence-corrected chi connectivity index (χ2v) is 4.47. The van der Waals surface area contributed by atoms with E-state index in [-0.39, 0.29) is 6.03 Å². The molecule has 1 aromatic rings. The molecule has 3 N–H and O–H groups in total. The molecule has 1 aliphatic rings. The van der Waals surface area contributed by atoms with Crippen molar-refractivity contribution in [3.63, 3.8) is 0 Å². The van der Waals surface area contributed by atoms with Crippen molar-refractivity contribution < 1.29 is 4.79 Å². The summed E-state index contributed by atoms with van der Waals surface area (Å²) in [6.45, 7) is 4.22. The molecule has 0 bridgehead atoms. The minimum atomic E-state index is 0.0215. The van der Waals surface area contributed by atoms with E-state index in [1.54, 1.807) is 0 Å². The third-order valence-corrected chi connectivity index (χ3v) is 3.05. The van der Waals surface area contributed by atoms with Crippen LogP contribution in [-0.4, -0.2) is 17.5 Å². The smallest absolute Gasteiger partial charge is 0.318 e. The molecule has 1 heterocycles. The van der Waals surface area contributed by atoms with Crippen molar-refractivity contribution in [3.8, 4) is 0 Å². The molecule has 4 heteroatoms. The SMILES string of the molecule is CCCCNC(=O)N1Cc2ccc(N)cc2C1. The first-order valence-corrected chi connectivity index (χ1v) is 6.10. The molecule has 1 aromatic carbocycles. The van der Waals surface area contributed by atoms with Gasteiger partial charge in [0.25, 0.3) is 0 Å². The largest absolute Gasteiger partial charge is 0.399 e. The molecule has 0 unspecified atom stereocenters. The Kier molecular flexibility index (Phi) is 3.52. The van der Waals surface area contributed by atoms with Crippen LogP contribution in [0, 0.1) is 0 Å². The molecule has 0 atom stereocenters. The molecule has 17 heavy (non-hydrogen) atoms. The lowest BCUT2D eigenvalue weighted by Gasteiger charge is -2.16. The molecule has 2 rings (SSSR count). The van der Waals surface area contributed by atoms with Crippen molar-refractivity contribution >= 4 is 11.7 Å². The zero-order valence-corrected chi connectivity index (χ0v) is 10.2. The molecule has 0 aromatic heterocycles. The number of carbonyl (C=O) groups is 1. The number of carbonyl (C=O) groups excluding carboxylic acids is 1. The fraction of sp³-hybridized carbons (Fsp3) is 0.462. The third-order valence-electron chi connectivity index (χ3n) is 3.05. The third kappa shape index (κ3) is 2.70. The van der Waals surface area contributed by atoms with Crippen LogP contribution < -0.4 is 11.1 Å². The van der Waals surface area contributed by atoms with Gasteiger partial charge in [-0.15, -0.1) is 0 Å². The predicted octanol–water partition coefficient (Wildman–Crippen LogP) is 2.09. The van der Waals surface area contributed by atoms with E-state index in [0.29, 0.717) is 13.1 Å². The van der Waals surface area contributed by atoms with Gasteiger partial charge in [-0.25, -0.2) is 4.79 Å². The van der Waals surface area contributed by atoms with Gasteiger partial charge in [-0.2, -0.15) is 0 Å². The number of nitrogens with one attached hydrogen (secondary N) is 1. The highest BCUT2D eigenvalue weighted by Gasteiger charge is 2.22. The average molecular weight is 233 g/mol. The van der Waals surface area contributed by atoms with Crippen LogP contribution in [-0.2, 0) is 13.1 Å². The molecule has 0 fully saturated rings. The lowest BCUT2D eigenvalue weighted by Crippen LogP contribution is -2.36. The Morgan fingerprint density at radius 3 is 2.94 bits per heavy atom. The molecule has 0 saturated carbocycles. The fourth-order valence-corrected chi connectivity index (χ4v) is 2.04. The molecule has 0 spiro atoms. The van der Waals surface area contributed by atoms with Gasteiger partial charge in [0.2, 0.25) is 0 Å². The summed E-state index contributed by atoms with van der Waals surface area (Å²) in [5.41, 5.74) is 8.85. The van der Waals surface area contributed by atoms with E-state index in [2.05, 4.69) is 12.2 Å². The fourth-order valence-electron chi connectivity index (χ4n) is 2.04. The Morgan fingerprint density at radius 2 is 2.18 bits per heavy atom. The molecule has 0 aliphatic carbocycles. The quantitative estimate of drug-likeness (QED) is 0.620. The van der Waals surface area contributed by atoms with E-state index < -0.39 is 0 Å². The van der Waals surface area contributed by atoms with Crippen molar-refractivity contribution in [3.05, 3.63) is 29.3 Å². The molecule has 92 valence electrons. The number of anilines is 1. The number of benzene rings is 1. The zero-order chi connectivity index (χ0) is 12.3. The topological polar surface area (TPSA) is 58.4 Å². The molecular weight excluding hydrogens is 214 g/mol. The second kappa shape index (κ2) is 5.08. The number of hydrogen-bond donors (Lipinski definition) is 2. The van der Waals surface area contributed by atoms with E-state index in [9.17, 15) is 4.79 Å². The van der Waals surface area contributed by atoms with Crippen LogP contribution in [0.3, 0.4) is 0 Å². The molecule has 0 saturated heterocycles. The van der Waals surface area contributed by atoms with Gasteiger partial charge in [0.1, 0.15) is 0 Å². The summed E-state index contributed by atoms with van der Waals surface area (Å²) in [6.07, 6.45) is 2.12. The zero-order valence-electron chi connectivity index (χ0n) is 10.2. The van der Waals surface area contributed by atoms with Crippen LogP contribution in [0.15, 0.2) is 18.2 Å². The normalized spacial score (nSPS) is 13.6. The first-order valence-electron chi connectivity index (χ1n) is 6.10. The Labute approximate surface area is 102 Å². The van der Waals surface area contributed by atoms with E-state index >= 15 is 0 Å². The minimum Gasteiger partial charge on any atom is -0.399 e. The molecule has 1 aliphatic heterocycles. The van der Waals surface area contributed by atoms with E-state index in [4.69, 9.17) is 5.73 Å². The van der Waals surface area contributed by atoms with Gasteiger partial charge in [-0.05, 0) is 29.7 Å². The standard InChI is InChI=1S/C13H19N3O/c1-2-3-6-15-13(17)16-8-10-4-5-12(14)7-11(10)9-16/h4-5,7H,2-3,6,8-9,14H2,1H3,(H,15,17). The average Bonchev–Trinajstić information content (AvgIpc) is 2.72. The number of hydrogen-bond acceptors (Lipinski definition) is 2. The van der Waals surface area contributed by atoms with Crippen LogP contribution in [0.25, 0.3) is 0 Å². The predicted molar refractivity (Wildman–Crippen MR) is 68.4 cm³/mol. The van der Waals surface area contributed by atoms with Crippen molar-refractivity contribution in [1.82, 2.24) is 10.2 Å². The summed E-state index contributed by atoms with van der Waals surface area (Å²) in [7, 11) is 0. The van der Waals surface area contributed by atoms with Crippen molar-refractivity contribution in [2.45, 2.75) is 32.9 Å². The van der Waals surface area contributed by atoms with Crippen molar-refractivity contribution in [2.24, 2.45) is 0 Å². The molecule has 0 radical (unpaired) electrons. The van der Waals surface area contributed by atoms with Crippen LogP contribution in [0.4, 0.5) is 10.5 Å². The van der Waals surface area contributed by atoms with E-state index in [0.717, 1.165) is 30.6 Å². The highest BCUT2D eigenvalue weighted by molar-refractivity contribution is 5.75. The maximum absolute atomic E-state index is 11.9. The first-order chi connectivity index (χ1) is 8.20. The number of fused-ring (bicyclic) bond motifs is 1. The number of nitrogens with two attached hydrogens (primary N) is 1. The van der Waals surface area contributed by atoms with Gasteiger partial charge in [-0.3, -0.25) is 0 Å². The van der Waals surface area contributed by atoms with Crippen LogP contribution >= 0.6 is 0 Å². The number of rotatable bonds is 3. The van der Waals surface area contributed by atoms with Gasteiger partial charge >= 0.3 is 6.03 Å². The van der Waals surface area contributed by atoms with Crippen LogP contribution in [0.1, 0.15) is 30.9 Å². The van der Waals surface area contributed by atoms with Gasteiger partial charge < -0.3 is 16.0 Å². The number of amides is 2. The van der Waals surface area contributed by atoms with Crippen LogP contribution in [0.2, 0.25) is 0 Å². The molecular formula is C13H19N3O. The summed E-state index contributed by atoms with van der Waals surface area (Å²) in [4.78, 5) is 13.7. The van der Waals surface area contributed by atoms with Crippen molar-refractivity contribution in [2.75, 3.05) is 12.3 Å². The Balaban J connectivity index is 1.93. The summed E-state index contributed by atoms with van der Waals surface area (Å²) in [6, 6.07) is 5.86. The number of nitrogens with zero attached hydrogens (tertiary/aromatic N) is 1. The Hall–Kier alpha value is -1.71. The highest BCUT2D eigenvalue weighted by Crippen LogP contribution is 2.24. The Morgan fingerprint density at radius 1 is 1.41 bits per heavy atom. The monoisotopic (exact) mass is 233 g/mol. The van der Waals surface area contributed by atoms with Gasteiger partial charge in [0, 0.05) is 25.3 Å². The Bertz CT molecular complexity index is 417. The summed E-state index contributed by atoms with van der Waals surface area (Å²) < 4.78 is 0. The van der Waals surface area contributed by atoms with Gasteiger partial charge in [0.15, 0.2) is 0 Å². The molecule has 4 nitrogen and oxygen atoms in total. The maximum Gasteiger partial charge on any atom is 0.318 e. The summed E-state index contributed by atoms with van der Waals surface area (Å²) in [5.74, 6) is 0. The number of nitrogen functional groups attached to an aromatic ring is 1. The molecule has 2 amide bonds. The lowest BCUT2D eigenvalue weighted by molar-refractivity contribution is 0.198. The van der Waals surface area contributed by atoms with Crippen molar-refractivity contribution in [1.29, 1.82) is 0 Å². The lowest BCUT2D eigenvalue weighted by atomic mass is 10.1.